The van der Waals surface area contributed by atoms with Crippen LogP contribution in [-0.4, -0.2) is 35.8 Å². The van der Waals surface area contributed by atoms with Gasteiger partial charge in [0.15, 0.2) is 0 Å². The maximum Gasteiger partial charge on any atom is 0.334 e. The van der Waals surface area contributed by atoms with Crippen molar-refractivity contribution in [3.8, 4) is 0 Å². The third kappa shape index (κ3) is 4.25. The molecule has 158 valence electrons. The van der Waals surface area contributed by atoms with Crippen molar-refractivity contribution in [1.82, 2.24) is 0 Å². The number of furan rings is 1. The molecule has 0 spiro atoms. The van der Waals surface area contributed by atoms with E-state index in [0.717, 1.165) is 6.92 Å². The lowest BCUT2D eigenvalue weighted by atomic mass is 9.75. The van der Waals surface area contributed by atoms with Gasteiger partial charge in [0, 0.05) is 31.1 Å². The van der Waals surface area contributed by atoms with Crippen LogP contribution in [0.5, 0.6) is 0 Å². The average molecular weight is 412 g/mol. The van der Waals surface area contributed by atoms with Gasteiger partial charge in [-0.3, -0.25) is 15.0 Å². The molecule has 2 unspecified atom stereocenters. The molecule has 1 fully saturated rings. The zero-order valence-electron chi connectivity index (χ0n) is 16.6. The minimum absolute atomic E-state index is 0.0108. The number of esters is 2. The number of hydrogen-bond donors (Lipinski definition) is 3. The molecule has 1 amide bonds. The first kappa shape index (κ1) is 21.3. The molecule has 2 heterocycles. The summed E-state index contributed by atoms with van der Waals surface area (Å²) in [6.45, 7) is 1.57. The summed E-state index contributed by atoms with van der Waals surface area (Å²) in [5.74, 6) is -3.02. The standard InChI is InChI=1S/C21H24N4O5/c1-13(26)30-20(28)21(24,11-14-8-10-29-12-14)17-3-2-9-25(19(17)27)16-6-4-15(5-7-16)18(22)23/h4-8,10,12,17H,2-3,9,11,24H2,1H3,(H3,22,23). The number of nitrogen functional groups attached to an aromatic ring is 1. The van der Waals surface area contributed by atoms with Gasteiger partial charge in [0.2, 0.25) is 5.91 Å². The fourth-order valence-corrected chi connectivity index (χ4v) is 3.72. The van der Waals surface area contributed by atoms with E-state index in [1.165, 1.54) is 12.5 Å². The molecular weight excluding hydrogens is 388 g/mol. The fourth-order valence-electron chi connectivity index (χ4n) is 3.72. The van der Waals surface area contributed by atoms with Gasteiger partial charge in [0.05, 0.1) is 18.4 Å². The van der Waals surface area contributed by atoms with Gasteiger partial charge >= 0.3 is 11.9 Å². The van der Waals surface area contributed by atoms with E-state index in [9.17, 15) is 14.4 Å². The van der Waals surface area contributed by atoms with Crippen molar-refractivity contribution in [1.29, 1.82) is 5.41 Å². The third-order valence-electron chi connectivity index (χ3n) is 5.24. The SMILES string of the molecule is CC(=O)OC(=O)C(N)(Cc1ccoc1)C1CCCN(c2ccc(C(=N)N)cc2)C1=O. The van der Waals surface area contributed by atoms with Crippen LogP contribution < -0.4 is 16.4 Å². The molecule has 9 heteroatoms. The molecule has 1 aromatic heterocycles. The summed E-state index contributed by atoms with van der Waals surface area (Å²) in [6, 6.07) is 8.34. The second-order valence-corrected chi connectivity index (χ2v) is 7.38. The Kier molecular flexibility index (Phi) is 6.02. The number of nitrogens with zero attached hydrogens (tertiary/aromatic N) is 1. The Labute approximate surface area is 173 Å². The third-order valence-corrected chi connectivity index (χ3v) is 5.24. The second kappa shape index (κ2) is 8.50. The smallest absolute Gasteiger partial charge is 0.334 e. The number of nitrogens with one attached hydrogen (secondary N) is 1. The number of carbonyl (C=O) groups excluding carboxylic acids is 3. The summed E-state index contributed by atoms with van der Waals surface area (Å²) in [7, 11) is 0. The van der Waals surface area contributed by atoms with E-state index in [1.807, 2.05) is 0 Å². The van der Waals surface area contributed by atoms with Crippen molar-refractivity contribution in [3.63, 3.8) is 0 Å². The van der Waals surface area contributed by atoms with Crippen LogP contribution in [0.15, 0.2) is 47.3 Å². The molecule has 2 atom stereocenters. The maximum atomic E-state index is 13.4. The Morgan fingerprint density at radius 3 is 2.57 bits per heavy atom. The van der Waals surface area contributed by atoms with E-state index in [-0.39, 0.29) is 18.2 Å². The van der Waals surface area contributed by atoms with Gasteiger partial charge in [-0.1, -0.05) is 0 Å². The van der Waals surface area contributed by atoms with Crippen molar-refractivity contribution >= 4 is 29.4 Å². The largest absolute Gasteiger partial charge is 0.472 e. The lowest BCUT2D eigenvalue weighted by molar-refractivity contribution is -0.165. The quantitative estimate of drug-likeness (QED) is 0.280. The zero-order valence-corrected chi connectivity index (χ0v) is 16.6. The Morgan fingerprint density at radius 1 is 1.30 bits per heavy atom. The summed E-state index contributed by atoms with van der Waals surface area (Å²) in [4.78, 5) is 39.1. The zero-order chi connectivity index (χ0) is 21.9. The van der Waals surface area contributed by atoms with Crippen molar-refractivity contribution < 1.29 is 23.5 Å². The highest BCUT2D eigenvalue weighted by molar-refractivity contribution is 6.02. The van der Waals surface area contributed by atoms with Crippen LogP contribution in [0.3, 0.4) is 0 Å². The molecule has 2 aromatic rings. The minimum atomic E-state index is -1.73. The molecule has 1 aliphatic rings. The monoisotopic (exact) mass is 412 g/mol. The Bertz CT molecular complexity index is 954. The molecule has 0 aliphatic carbocycles. The molecule has 1 saturated heterocycles. The van der Waals surface area contributed by atoms with E-state index < -0.39 is 23.4 Å². The lowest BCUT2D eigenvalue weighted by Crippen LogP contribution is -2.63. The molecule has 0 saturated carbocycles. The number of anilines is 1. The normalized spacial score (nSPS) is 18.5. The number of benzene rings is 1. The minimum Gasteiger partial charge on any atom is -0.472 e. The number of carbonyl (C=O) groups is 3. The number of rotatable bonds is 6. The molecule has 9 nitrogen and oxygen atoms in total. The Hall–Kier alpha value is -3.46. The average Bonchev–Trinajstić information content (AvgIpc) is 3.20. The van der Waals surface area contributed by atoms with E-state index in [0.29, 0.717) is 36.2 Å². The van der Waals surface area contributed by atoms with Crippen molar-refractivity contribution in [2.45, 2.75) is 31.7 Å². The van der Waals surface area contributed by atoms with Crippen LogP contribution in [0.2, 0.25) is 0 Å². The summed E-state index contributed by atoms with van der Waals surface area (Å²) in [6.07, 6.45) is 3.86. The first-order valence-corrected chi connectivity index (χ1v) is 9.51. The van der Waals surface area contributed by atoms with Crippen LogP contribution in [0.25, 0.3) is 0 Å². The second-order valence-electron chi connectivity index (χ2n) is 7.38. The molecular formula is C21H24N4O5. The lowest BCUT2D eigenvalue weighted by Gasteiger charge is -2.40. The molecule has 0 bridgehead atoms. The van der Waals surface area contributed by atoms with Crippen LogP contribution in [0.4, 0.5) is 5.69 Å². The predicted octanol–water partition coefficient (Wildman–Crippen LogP) is 1.34. The van der Waals surface area contributed by atoms with Crippen molar-refractivity contribution in [2.75, 3.05) is 11.4 Å². The van der Waals surface area contributed by atoms with Crippen LogP contribution in [-0.2, 0) is 25.5 Å². The highest BCUT2D eigenvalue weighted by Crippen LogP contribution is 2.33. The summed E-state index contributed by atoms with van der Waals surface area (Å²) in [5.41, 5.74) is 12.0. The highest BCUT2D eigenvalue weighted by atomic mass is 16.6. The number of amides is 1. The number of hydrogen-bond acceptors (Lipinski definition) is 7. The van der Waals surface area contributed by atoms with Gasteiger partial charge < -0.3 is 25.5 Å². The molecule has 30 heavy (non-hydrogen) atoms. The van der Waals surface area contributed by atoms with E-state index in [4.69, 9.17) is 26.0 Å². The molecule has 1 aromatic carbocycles. The maximum absolute atomic E-state index is 13.4. The summed E-state index contributed by atoms with van der Waals surface area (Å²) < 4.78 is 9.87. The van der Waals surface area contributed by atoms with Crippen molar-refractivity contribution in [3.05, 3.63) is 54.0 Å². The number of amidine groups is 1. The Morgan fingerprint density at radius 2 is 2.00 bits per heavy atom. The van der Waals surface area contributed by atoms with Crippen molar-refractivity contribution in [2.24, 2.45) is 17.4 Å². The van der Waals surface area contributed by atoms with Crippen LogP contribution >= 0.6 is 0 Å². The topological polar surface area (TPSA) is 153 Å². The molecule has 1 aliphatic heterocycles. The first-order valence-electron chi connectivity index (χ1n) is 9.51. The summed E-state index contributed by atoms with van der Waals surface area (Å²) >= 11 is 0. The van der Waals surface area contributed by atoms with Gasteiger partial charge in [-0.2, -0.15) is 0 Å². The van der Waals surface area contributed by atoms with E-state index in [2.05, 4.69) is 0 Å². The number of nitrogens with two attached hydrogens (primary N) is 2. The molecule has 3 rings (SSSR count). The summed E-state index contributed by atoms with van der Waals surface area (Å²) in [5, 5.41) is 7.49. The molecule has 5 N–H and O–H groups in total. The number of ether oxygens (including phenoxy) is 1. The Balaban J connectivity index is 1.92. The van der Waals surface area contributed by atoms with Gasteiger partial charge in [-0.25, -0.2) is 4.79 Å². The van der Waals surface area contributed by atoms with Gasteiger partial charge in [0.25, 0.3) is 0 Å². The van der Waals surface area contributed by atoms with Gasteiger partial charge in [-0.15, -0.1) is 0 Å². The first-order chi connectivity index (χ1) is 14.2. The van der Waals surface area contributed by atoms with E-state index in [1.54, 1.807) is 35.2 Å². The number of piperidine rings is 1. The molecule has 0 radical (unpaired) electrons. The predicted molar refractivity (Wildman–Crippen MR) is 109 cm³/mol. The van der Waals surface area contributed by atoms with Gasteiger partial charge in [-0.05, 0) is 48.7 Å². The van der Waals surface area contributed by atoms with E-state index >= 15 is 0 Å². The van der Waals surface area contributed by atoms with Crippen LogP contribution in [0, 0.1) is 11.3 Å². The van der Waals surface area contributed by atoms with Crippen LogP contribution in [0.1, 0.15) is 30.9 Å². The highest BCUT2D eigenvalue weighted by Gasteiger charge is 2.50. The van der Waals surface area contributed by atoms with Gasteiger partial charge in [0.1, 0.15) is 11.4 Å². The fraction of sp³-hybridized carbons (Fsp3) is 0.333.